The number of aryl methyl sites for hydroxylation is 1. The van der Waals surface area contributed by atoms with Crippen LogP contribution in [0.2, 0.25) is 0 Å². The quantitative estimate of drug-likeness (QED) is 0.669. The molecule has 158 valence electrons. The highest BCUT2D eigenvalue weighted by Crippen LogP contribution is 2.30. The maximum absolute atomic E-state index is 12.7. The van der Waals surface area contributed by atoms with Crippen molar-refractivity contribution >= 4 is 17.8 Å². The molecule has 0 saturated carbocycles. The minimum atomic E-state index is -2.77. The fraction of sp³-hybridized carbons (Fsp3) is 0.529. The second kappa shape index (κ2) is 8.55. The summed E-state index contributed by atoms with van der Waals surface area (Å²) >= 11 is 0. The van der Waals surface area contributed by atoms with E-state index in [0.717, 1.165) is 10.7 Å². The lowest BCUT2D eigenvalue weighted by Crippen LogP contribution is -2.33. The van der Waals surface area contributed by atoms with Crippen LogP contribution in [0.4, 0.5) is 19.4 Å². The van der Waals surface area contributed by atoms with Crippen molar-refractivity contribution in [3.8, 4) is 0 Å². The molecule has 0 bridgehead atoms. The summed E-state index contributed by atoms with van der Waals surface area (Å²) in [5.74, 6) is -0.417. The van der Waals surface area contributed by atoms with Gasteiger partial charge in [0.1, 0.15) is 23.6 Å². The number of alkyl carbamates (subject to hydrolysis) is 1. The third-order valence-electron chi connectivity index (χ3n) is 4.18. The first kappa shape index (κ1) is 20.7. The normalized spacial score (nSPS) is 19.0. The molecule has 3 rings (SSSR count). The van der Waals surface area contributed by atoms with Crippen LogP contribution >= 0.6 is 0 Å². The lowest BCUT2D eigenvalue weighted by Gasteiger charge is -2.13. The van der Waals surface area contributed by atoms with Gasteiger partial charge >= 0.3 is 6.09 Å². The fourth-order valence-corrected chi connectivity index (χ4v) is 2.87. The van der Waals surface area contributed by atoms with Gasteiger partial charge in [0, 0.05) is 25.6 Å². The second-order valence-corrected chi connectivity index (χ2v) is 6.93. The van der Waals surface area contributed by atoms with E-state index in [-0.39, 0.29) is 30.3 Å². The molecule has 0 spiro atoms. The average molecular weight is 412 g/mol. The molecule has 1 aliphatic rings. The number of H-pyrrole nitrogens is 1. The van der Waals surface area contributed by atoms with Crippen LogP contribution in [0.5, 0.6) is 0 Å². The van der Waals surface area contributed by atoms with Gasteiger partial charge in [-0.1, -0.05) is 0 Å². The summed E-state index contributed by atoms with van der Waals surface area (Å²) < 4.78 is 37.4. The number of rotatable bonds is 6. The number of anilines is 1. The molecule has 29 heavy (non-hydrogen) atoms. The lowest BCUT2D eigenvalue weighted by atomic mass is 10.1. The Morgan fingerprint density at radius 1 is 1.38 bits per heavy atom. The molecule has 2 atom stereocenters. The van der Waals surface area contributed by atoms with Crippen LogP contribution < -0.4 is 10.6 Å². The summed E-state index contributed by atoms with van der Waals surface area (Å²) in [4.78, 5) is 24.0. The Morgan fingerprint density at radius 3 is 2.79 bits per heavy atom. The number of ether oxygens (including phenoxy) is 2. The van der Waals surface area contributed by atoms with E-state index in [0.29, 0.717) is 12.1 Å². The maximum Gasteiger partial charge on any atom is 0.407 e. The van der Waals surface area contributed by atoms with Crippen LogP contribution in [-0.4, -0.2) is 50.7 Å². The van der Waals surface area contributed by atoms with Gasteiger partial charge in [0.25, 0.3) is 12.3 Å². The van der Waals surface area contributed by atoms with Crippen LogP contribution in [0, 0.1) is 0 Å². The molecule has 1 aliphatic heterocycles. The zero-order valence-corrected chi connectivity index (χ0v) is 16.1. The first-order valence-electron chi connectivity index (χ1n) is 9.00. The van der Waals surface area contributed by atoms with E-state index in [1.807, 2.05) is 13.8 Å². The van der Waals surface area contributed by atoms with Gasteiger partial charge in [-0.25, -0.2) is 13.6 Å². The number of aromatic nitrogens is 4. The Labute approximate surface area is 164 Å². The average Bonchev–Trinajstić information content (AvgIpc) is 3.33. The highest BCUT2D eigenvalue weighted by Gasteiger charge is 2.31. The van der Waals surface area contributed by atoms with Gasteiger partial charge in [0.2, 0.25) is 0 Å². The van der Waals surface area contributed by atoms with Crippen molar-refractivity contribution in [1.29, 1.82) is 0 Å². The first-order valence-corrected chi connectivity index (χ1v) is 9.00. The molecule has 12 heteroatoms. The maximum atomic E-state index is 12.7. The molecule has 3 N–H and O–H groups in total. The number of alkyl halides is 2. The number of halogens is 2. The number of hydrogen-bond acceptors (Lipinski definition) is 6. The molecule has 2 amide bonds. The van der Waals surface area contributed by atoms with E-state index in [9.17, 15) is 18.4 Å². The number of aromatic amines is 1. The van der Waals surface area contributed by atoms with Crippen LogP contribution in [0.1, 0.15) is 54.7 Å². The molecule has 0 aromatic carbocycles. The first-order chi connectivity index (χ1) is 13.7. The van der Waals surface area contributed by atoms with Crippen LogP contribution in [0.3, 0.4) is 0 Å². The Hall–Kier alpha value is -3.02. The molecule has 1 saturated heterocycles. The van der Waals surface area contributed by atoms with E-state index >= 15 is 0 Å². The summed E-state index contributed by atoms with van der Waals surface area (Å²) in [5.41, 5.74) is 0.0906. The van der Waals surface area contributed by atoms with Crippen LogP contribution in [0.25, 0.3) is 0 Å². The standard InChI is InChI=1S/C17H22F2N6O4/c1-8(2)20-17(27)29-9-4-13(28-7-9)10-6-14(23-22-10)21-16(26)12-5-11(15(18)19)24-25(12)3/h5-6,8-9,13,15H,4,7H2,1-3H3,(H,20,27)(H2,21,22,23,26)/t9-,13?/m1/s1. The summed E-state index contributed by atoms with van der Waals surface area (Å²) in [5, 5.41) is 15.5. The van der Waals surface area contributed by atoms with Gasteiger partial charge in [-0.3, -0.25) is 14.6 Å². The van der Waals surface area contributed by atoms with Gasteiger partial charge in [0.05, 0.1) is 12.3 Å². The molecule has 3 heterocycles. The van der Waals surface area contributed by atoms with Crippen molar-refractivity contribution in [3.05, 3.63) is 29.2 Å². The van der Waals surface area contributed by atoms with E-state index in [2.05, 4.69) is 25.9 Å². The highest BCUT2D eigenvalue weighted by atomic mass is 19.3. The fourth-order valence-electron chi connectivity index (χ4n) is 2.87. The number of nitrogens with zero attached hydrogens (tertiary/aromatic N) is 3. The minimum Gasteiger partial charge on any atom is -0.444 e. The highest BCUT2D eigenvalue weighted by molar-refractivity contribution is 6.02. The predicted molar refractivity (Wildman–Crippen MR) is 96.6 cm³/mol. The topological polar surface area (TPSA) is 123 Å². The number of hydrogen-bond donors (Lipinski definition) is 3. The van der Waals surface area contributed by atoms with Crippen molar-refractivity contribution in [1.82, 2.24) is 25.3 Å². The van der Waals surface area contributed by atoms with E-state index in [1.165, 1.54) is 7.05 Å². The molecular formula is C17H22F2N6O4. The van der Waals surface area contributed by atoms with Crippen LogP contribution in [-0.2, 0) is 16.5 Å². The van der Waals surface area contributed by atoms with Gasteiger partial charge in [0.15, 0.2) is 5.82 Å². The number of amides is 2. The minimum absolute atomic E-state index is 0.0217. The Kier molecular flexibility index (Phi) is 6.11. The third-order valence-corrected chi connectivity index (χ3v) is 4.18. The van der Waals surface area contributed by atoms with Crippen molar-refractivity contribution in [2.24, 2.45) is 7.05 Å². The van der Waals surface area contributed by atoms with Gasteiger partial charge in [-0.2, -0.15) is 10.2 Å². The molecular weight excluding hydrogens is 390 g/mol. The van der Waals surface area contributed by atoms with Crippen molar-refractivity contribution in [2.45, 2.75) is 44.9 Å². The SMILES string of the molecule is CC(C)NC(=O)O[C@H]1COC(c2cc(NC(=O)c3cc(C(F)F)nn3C)n[nH]2)C1. The summed E-state index contributed by atoms with van der Waals surface area (Å²) in [6.45, 7) is 3.90. The molecule has 1 unspecified atom stereocenters. The van der Waals surface area contributed by atoms with Crippen LogP contribution in [0.15, 0.2) is 12.1 Å². The number of carbonyl (C=O) groups is 2. The molecule has 0 aliphatic carbocycles. The summed E-state index contributed by atoms with van der Waals surface area (Å²) in [6.07, 6.45) is -3.63. The summed E-state index contributed by atoms with van der Waals surface area (Å²) in [6, 6.07) is 2.57. The Bertz CT molecular complexity index is 881. The third kappa shape index (κ3) is 5.08. The number of carbonyl (C=O) groups excluding carboxylic acids is 2. The monoisotopic (exact) mass is 412 g/mol. The van der Waals surface area contributed by atoms with E-state index < -0.39 is 30.2 Å². The lowest BCUT2D eigenvalue weighted by molar-refractivity contribution is 0.0682. The molecule has 10 nitrogen and oxygen atoms in total. The molecule has 2 aromatic heterocycles. The van der Waals surface area contributed by atoms with Gasteiger partial charge in [-0.15, -0.1) is 0 Å². The Morgan fingerprint density at radius 2 is 2.14 bits per heavy atom. The smallest absolute Gasteiger partial charge is 0.407 e. The van der Waals surface area contributed by atoms with E-state index in [1.54, 1.807) is 6.07 Å². The predicted octanol–water partition coefficient (Wildman–Crippen LogP) is 2.30. The van der Waals surface area contributed by atoms with Gasteiger partial charge in [-0.05, 0) is 19.9 Å². The largest absolute Gasteiger partial charge is 0.444 e. The van der Waals surface area contributed by atoms with Crippen molar-refractivity contribution in [3.63, 3.8) is 0 Å². The zero-order chi connectivity index (χ0) is 21.1. The van der Waals surface area contributed by atoms with Crippen molar-refractivity contribution < 1.29 is 27.8 Å². The summed E-state index contributed by atoms with van der Waals surface area (Å²) in [7, 11) is 1.40. The van der Waals surface area contributed by atoms with Crippen molar-refractivity contribution in [2.75, 3.05) is 11.9 Å². The van der Waals surface area contributed by atoms with E-state index in [4.69, 9.17) is 9.47 Å². The molecule has 2 aromatic rings. The zero-order valence-electron chi connectivity index (χ0n) is 16.1. The second-order valence-electron chi connectivity index (χ2n) is 6.93. The molecule has 0 radical (unpaired) electrons. The number of nitrogens with one attached hydrogen (secondary N) is 3. The Balaban J connectivity index is 1.57. The molecule has 1 fully saturated rings. The van der Waals surface area contributed by atoms with Gasteiger partial charge < -0.3 is 20.1 Å².